The van der Waals surface area contributed by atoms with E-state index in [1.165, 1.54) is 16.3 Å². The van der Waals surface area contributed by atoms with Crippen LogP contribution in [-0.4, -0.2) is 6.29 Å². The summed E-state index contributed by atoms with van der Waals surface area (Å²) in [6, 6.07) is 14.9. The van der Waals surface area contributed by atoms with Gasteiger partial charge in [0.05, 0.1) is 0 Å². The van der Waals surface area contributed by atoms with Crippen molar-refractivity contribution in [2.24, 2.45) is 0 Å². The largest absolute Gasteiger partial charge is 0.303 e. The van der Waals surface area contributed by atoms with E-state index >= 15 is 0 Å². The highest BCUT2D eigenvalue weighted by Gasteiger charge is 2.05. The molecule has 1 heteroatoms. The van der Waals surface area contributed by atoms with Crippen molar-refractivity contribution in [3.8, 4) is 0 Å². The Hall–Kier alpha value is -1.63. The second-order valence-corrected chi connectivity index (χ2v) is 4.25. The molecular weight excluding hydrogens is 196 g/mol. The van der Waals surface area contributed by atoms with Crippen LogP contribution in [0, 0.1) is 0 Å². The molecule has 0 N–H and O–H groups in total. The van der Waals surface area contributed by atoms with Crippen molar-refractivity contribution in [2.75, 3.05) is 0 Å². The molecule has 0 aliphatic carbocycles. The maximum absolute atomic E-state index is 10.4. The predicted octanol–water partition coefficient (Wildman–Crippen LogP) is 3.92. The van der Waals surface area contributed by atoms with Crippen LogP contribution < -0.4 is 0 Å². The molecule has 0 fully saturated rings. The molecule has 0 aliphatic rings. The lowest BCUT2D eigenvalue weighted by Gasteiger charge is -2.11. The number of hydrogen-bond donors (Lipinski definition) is 0. The van der Waals surface area contributed by atoms with E-state index < -0.39 is 0 Å². The molecule has 1 nitrogen and oxygen atoms in total. The minimum atomic E-state index is 0.454. The summed E-state index contributed by atoms with van der Waals surface area (Å²) in [5.74, 6) is 0.454. The maximum atomic E-state index is 10.4. The van der Waals surface area contributed by atoms with Gasteiger partial charge >= 0.3 is 0 Å². The summed E-state index contributed by atoms with van der Waals surface area (Å²) in [6.45, 7) is 2.17. The lowest BCUT2D eigenvalue weighted by Crippen LogP contribution is -1.93. The zero-order valence-electron chi connectivity index (χ0n) is 9.52. The zero-order chi connectivity index (χ0) is 11.4. The van der Waals surface area contributed by atoms with E-state index in [1.54, 1.807) is 0 Å². The summed E-state index contributed by atoms with van der Waals surface area (Å²) < 4.78 is 0. The van der Waals surface area contributed by atoms with Crippen molar-refractivity contribution in [1.29, 1.82) is 0 Å². The Kier molecular flexibility index (Phi) is 3.35. The highest BCUT2D eigenvalue weighted by molar-refractivity contribution is 5.83. The van der Waals surface area contributed by atoms with Gasteiger partial charge in [0.25, 0.3) is 0 Å². The molecule has 16 heavy (non-hydrogen) atoms. The average molecular weight is 212 g/mol. The fourth-order valence-electron chi connectivity index (χ4n) is 2.00. The van der Waals surface area contributed by atoms with Crippen LogP contribution in [0.2, 0.25) is 0 Å². The van der Waals surface area contributed by atoms with Gasteiger partial charge in [-0.25, -0.2) is 0 Å². The molecular formula is C15H16O. The zero-order valence-corrected chi connectivity index (χ0v) is 9.52. The summed E-state index contributed by atoms with van der Waals surface area (Å²) in [5.41, 5.74) is 1.32. The van der Waals surface area contributed by atoms with Gasteiger partial charge in [-0.2, -0.15) is 0 Å². The minimum absolute atomic E-state index is 0.454. The Morgan fingerprint density at radius 3 is 2.62 bits per heavy atom. The van der Waals surface area contributed by atoms with Gasteiger partial charge in [-0.15, -0.1) is 0 Å². The molecule has 2 rings (SSSR count). The number of rotatable bonds is 4. The van der Waals surface area contributed by atoms with Crippen LogP contribution in [0.25, 0.3) is 10.8 Å². The molecule has 0 aromatic heterocycles. The van der Waals surface area contributed by atoms with Crippen molar-refractivity contribution >= 4 is 17.1 Å². The Morgan fingerprint density at radius 2 is 1.88 bits per heavy atom. The van der Waals surface area contributed by atoms with Crippen LogP contribution in [0.1, 0.15) is 31.2 Å². The molecule has 0 bridgehead atoms. The molecule has 0 spiro atoms. The van der Waals surface area contributed by atoms with Gasteiger partial charge in [0.15, 0.2) is 0 Å². The Labute approximate surface area is 96.1 Å². The predicted molar refractivity (Wildman–Crippen MR) is 67.7 cm³/mol. The number of carbonyl (C=O) groups is 1. The highest BCUT2D eigenvalue weighted by Crippen LogP contribution is 2.24. The quantitative estimate of drug-likeness (QED) is 0.702. The minimum Gasteiger partial charge on any atom is -0.303 e. The molecule has 2 aromatic rings. The van der Waals surface area contributed by atoms with Crippen molar-refractivity contribution in [1.82, 2.24) is 0 Å². The molecule has 0 unspecified atom stereocenters. The van der Waals surface area contributed by atoms with Crippen molar-refractivity contribution in [2.45, 2.75) is 25.7 Å². The SMILES string of the molecule is C[C@H](CCC=O)c1ccc2ccccc2c1. The number of benzene rings is 2. The fourth-order valence-corrected chi connectivity index (χ4v) is 2.00. The van der Waals surface area contributed by atoms with Crippen LogP contribution >= 0.6 is 0 Å². The van der Waals surface area contributed by atoms with Crippen LogP contribution in [0.4, 0.5) is 0 Å². The molecule has 0 saturated carbocycles. The summed E-state index contributed by atoms with van der Waals surface area (Å²) in [6.07, 6.45) is 2.58. The number of hydrogen-bond acceptors (Lipinski definition) is 1. The van der Waals surface area contributed by atoms with E-state index in [9.17, 15) is 4.79 Å². The van der Waals surface area contributed by atoms with Gasteiger partial charge < -0.3 is 4.79 Å². The standard InChI is InChI=1S/C15H16O/c1-12(5-4-10-16)14-9-8-13-6-2-3-7-15(13)11-14/h2-3,6-12H,4-5H2,1H3/t12-/m1/s1. The molecule has 2 aromatic carbocycles. The molecule has 0 aliphatic heterocycles. The second kappa shape index (κ2) is 4.93. The van der Waals surface area contributed by atoms with E-state index in [2.05, 4.69) is 49.4 Å². The molecule has 0 amide bonds. The smallest absolute Gasteiger partial charge is 0.120 e. The highest BCUT2D eigenvalue weighted by atomic mass is 16.1. The summed E-state index contributed by atoms with van der Waals surface area (Å²) >= 11 is 0. The lowest BCUT2D eigenvalue weighted by atomic mass is 9.94. The first-order valence-corrected chi connectivity index (χ1v) is 5.73. The maximum Gasteiger partial charge on any atom is 0.120 e. The molecule has 1 atom stereocenters. The Bertz CT molecular complexity index is 488. The third kappa shape index (κ3) is 2.30. The number of fused-ring (bicyclic) bond motifs is 1. The Balaban J connectivity index is 2.28. The van der Waals surface area contributed by atoms with E-state index in [4.69, 9.17) is 0 Å². The second-order valence-electron chi connectivity index (χ2n) is 4.25. The normalized spacial score (nSPS) is 12.6. The third-order valence-corrected chi connectivity index (χ3v) is 3.06. The van der Waals surface area contributed by atoms with Crippen LogP contribution in [0.15, 0.2) is 42.5 Å². The van der Waals surface area contributed by atoms with E-state index in [0.717, 1.165) is 12.7 Å². The summed E-state index contributed by atoms with van der Waals surface area (Å²) in [5, 5.41) is 2.55. The van der Waals surface area contributed by atoms with E-state index in [-0.39, 0.29) is 0 Å². The molecule has 82 valence electrons. The van der Waals surface area contributed by atoms with Crippen LogP contribution in [0.3, 0.4) is 0 Å². The summed E-state index contributed by atoms with van der Waals surface area (Å²) in [7, 11) is 0. The average Bonchev–Trinajstić information content (AvgIpc) is 2.35. The van der Waals surface area contributed by atoms with E-state index in [0.29, 0.717) is 12.3 Å². The molecule has 0 saturated heterocycles. The van der Waals surface area contributed by atoms with Crippen molar-refractivity contribution in [3.63, 3.8) is 0 Å². The van der Waals surface area contributed by atoms with Crippen LogP contribution in [0.5, 0.6) is 0 Å². The first-order valence-electron chi connectivity index (χ1n) is 5.73. The number of aldehydes is 1. The first kappa shape index (κ1) is 10.9. The van der Waals surface area contributed by atoms with Gasteiger partial charge in [0.2, 0.25) is 0 Å². The van der Waals surface area contributed by atoms with Gasteiger partial charge in [-0.1, -0.05) is 49.4 Å². The molecule has 0 radical (unpaired) electrons. The molecule has 0 heterocycles. The van der Waals surface area contributed by atoms with Crippen LogP contribution in [-0.2, 0) is 4.79 Å². The van der Waals surface area contributed by atoms with Gasteiger partial charge in [-0.3, -0.25) is 0 Å². The van der Waals surface area contributed by atoms with E-state index in [1.807, 2.05) is 0 Å². The monoisotopic (exact) mass is 212 g/mol. The first-order chi connectivity index (χ1) is 7.81. The van der Waals surface area contributed by atoms with Gasteiger partial charge in [0.1, 0.15) is 6.29 Å². The van der Waals surface area contributed by atoms with Crippen molar-refractivity contribution in [3.05, 3.63) is 48.0 Å². The lowest BCUT2D eigenvalue weighted by molar-refractivity contribution is -0.108. The summed E-state index contributed by atoms with van der Waals surface area (Å²) in [4.78, 5) is 10.4. The Morgan fingerprint density at radius 1 is 1.12 bits per heavy atom. The topological polar surface area (TPSA) is 17.1 Å². The fraction of sp³-hybridized carbons (Fsp3) is 0.267. The third-order valence-electron chi connectivity index (χ3n) is 3.06. The van der Waals surface area contributed by atoms with Crippen molar-refractivity contribution < 1.29 is 4.79 Å². The number of carbonyl (C=O) groups excluding carboxylic acids is 1. The van der Waals surface area contributed by atoms with Gasteiger partial charge in [0, 0.05) is 6.42 Å². The van der Waals surface area contributed by atoms with Gasteiger partial charge in [-0.05, 0) is 28.7 Å².